The molecule has 0 bridgehead atoms. The monoisotopic (exact) mass is 494 g/mol. The number of carbonyl (C=O) groups excluding carboxylic acids is 1. The minimum Gasteiger partial charge on any atom is -0.496 e. The van der Waals surface area contributed by atoms with Crippen LogP contribution in [0.4, 0.5) is 0 Å². The summed E-state index contributed by atoms with van der Waals surface area (Å²) < 4.78 is 38.1. The molecule has 0 aliphatic carbocycles. The van der Waals surface area contributed by atoms with Crippen LogP contribution in [0.1, 0.15) is 59.8 Å². The van der Waals surface area contributed by atoms with E-state index < -0.39 is 15.9 Å². The summed E-state index contributed by atoms with van der Waals surface area (Å²) in [5.41, 5.74) is 3.11. The van der Waals surface area contributed by atoms with Crippen LogP contribution in [0, 0.1) is 6.92 Å². The molecule has 0 aromatic heterocycles. The lowest BCUT2D eigenvalue weighted by molar-refractivity contribution is 0.0730. The van der Waals surface area contributed by atoms with Crippen molar-refractivity contribution in [2.75, 3.05) is 33.4 Å². The van der Waals surface area contributed by atoms with Gasteiger partial charge in [0, 0.05) is 13.1 Å². The summed E-state index contributed by atoms with van der Waals surface area (Å²) in [5.74, 6) is 0.625. The van der Waals surface area contributed by atoms with E-state index in [2.05, 4.69) is 19.2 Å². The molecule has 1 unspecified atom stereocenters. The average Bonchev–Trinajstić information content (AvgIpc) is 2.79. The molecule has 2 aromatic carbocycles. The zero-order valence-corrected chi connectivity index (χ0v) is 21.2. The molecule has 1 saturated heterocycles. The van der Waals surface area contributed by atoms with E-state index in [4.69, 9.17) is 21.1 Å². The van der Waals surface area contributed by atoms with Gasteiger partial charge in [-0.05, 0) is 66.8 Å². The highest BCUT2D eigenvalue weighted by molar-refractivity contribution is 7.89. The lowest BCUT2D eigenvalue weighted by Gasteiger charge is -2.26. The number of sulfonamides is 1. The lowest BCUT2D eigenvalue weighted by atomic mass is 9.93. The van der Waals surface area contributed by atoms with E-state index in [1.807, 2.05) is 26.0 Å². The summed E-state index contributed by atoms with van der Waals surface area (Å²) in [7, 11) is -2.10. The van der Waals surface area contributed by atoms with Crippen LogP contribution in [0.3, 0.4) is 0 Å². The quantitative estimate of drug-likeness (QED) is 0.620. The minimum absolute atomic E-state index is 0.0364. The third kappa shape index (κ3) is 5.51. The Morgan fingerprint density at radius 2 is 1.79 bits per heavy atom. The van der Waals surface area contributed by atoms with E-state index in [-0.39, 0.29) is 40.5 Å². The maximum Gasteiger partial charge on any atom is 0.253 e. The van der Waals surface area contributed by atoms with Crippen molar-refractivity contribution in [3.05, 3.63) is 57.6 Å². The van der Waals surface area contributed by atoms with Gasteiger partial charge in [-0.15, -0.1) is 0 Å². The zero-order valence-electron chi connectivity index (χ0n) is 19.6. The van der Waals surface area contributed by atoms with Gasteiger partial charge in [-0.2, -0.15) is 4.31 Å². The van der Waals surface area contributed by atoms with Crippen LogP contribution in [-0.2, 0) is 14.8 Å². The summed E-state index contributed by atoms with van der Waals surface area (Å²) in [6.45, 7) is 9.26. The third-order valence-corrected chi connectivity index (χ3v) is 8.07. The number of rotatable bonds is 7. The molecule has 0 spiro atoms. The van der Waals surface area contributed by atoms with Gasteiger partial charge < -0.3 is 14.8 Å². The number of morpholine rings is 1. The van der Waals surface area contributed by atoms with Crippen LogP contribution in [0.25, 0.3) is 0 Å². The Morgan fingerprint density at radius 3 is 2.39 bits per heavy atom. The molecular weight excluding hydrogens is 464 g/mol. The Kier molecular flexibility index (Phi) is 8.05. The summed E-state index contributed by atoms with van der Waals surface area (Å²) >= 11 is 6.29. The van der Waals surface area contributed by atoms with Crippen molar-refractivity contribution in [2.24, 2.45) is 0 Å². The molecule has 0 radical (unpaired) electrons. The maximum absolute atomic E-state index is 13.1. The van der Waals surface area contributed by atoms with E-state index in [1.165, 1.54) is 22.5 Å². The van der Waals surface area contributed by atoms with Gasteiger partial charge in [0.2, 0.25) is 10.0 Å². The van der Waals surface area contributed by atoms with Gasteiger partial charge >= 0.3 is 0 Å². The van der Waals surface area contributed by atoms with Crippen molar-refractivity contribution >= 4 is 27.5 Å². The number of halogens is 1. The molecule has 0 saturated carbocycles. The standard InChI is InChI=1S/C24H31ClN2O5S/c1-15(2)19-14-20(16(3)12-23(19)31-5)17(4)26-24(28)21-13-18(6-7-22(21)25)33(29,30)27-8-10-32-11-9-27/h6-7,12-15,17H,8-11H2,1-5H3,(H,26,28). The van der Waals surface area contributed by atoms with Gasteiger partial charge in [-0.1, -0.05) is 25.4 Å². The number of hydrogen-bond acceptors (Lipinski definition) is 5. The van der Waals surface area contributed by atoms with Crippen molar-refractivity contribution in [2.45, 2.75) is 44.6 Å². The highest BCUT2D eigenvalue weighted by Gasteiger charge is 2.28. The van der Waals surface area contributed by atoms with Gasteiger partial charge in [0.15, 0.2) is 0 Å². The van der Waals surface area contributed by atoms with Crippen LogP contribution in [0.2, 0.25) is 5.02 Å². The first-order valence-corrected chi connectivity index (χ1v) is 12.7. The normalized spacial score (nSPS) is 16.0. The Morgan fingerprint density at radius 1 is 1.12 bits per heavy atom. The van der Waals surface area contributed by atoms with Crippen molar-refractivity contribution in [3.63, 3.8) is 0 Å². The number of ether oxygens (including phenoxy) is 2. The molecule has 1 aliphatic rings. The second-order valence-corrected chi connectivity index (χ2v) is 10.8. The number of nitrogens with one attached hydrogen (secondary N) is 1. The smallest absolute Gasteiger partial charge is 0.253 e. The molecule has 9 heteroatoms. The minimum atomic E-state index is -3.74. The fourth-order valence-corrected chi connectivity index (χ4v) is 5.58. The number of aryl methyl sites for hydroxylation is 1. The van der Waals surface area contributed by atoms with Gasteiger partial charge in [-0.25, -0.2) is 8.42 Å². The molecule has 1 amide bonds. The van der Waals surface area contributed by atoms with Crippen LogP contribution in [0.5, 0.6) is 5.75 Å². The van der Waals surface area contributed by atoms with E-state index in [9.17, 15) is 13.2 Å². The zero-order chi connectivity index (χ0) is 24.3. The van der Waals surface area contributed by atoms with E-state index in [1.54, 1.807) is 7.11 Å². The first-order chi connectivity index (χ1) is 15.6. The molecule has 1 fully saturated rings. The summed E-state index contributed by atoms with van der Waals surface area (Å²) in [4.78, 5) is 13.1. The molecule has 3 rings (SSSR count). The number of nitrogens with zero attached hydrogens (tertiary/aromatic N) is 1. The highest BCUT2D eigenvalue weighted by Crippen LogP contribution is 2.32. The molecule has 1 heterocycles. The van der Waals surface area contributed by atoms with Gasteiger partial charge in [0.05, 0.1) is 41.8 Å². The van der Waals surface area contributed by atoms with Crippen molar-refractivity contribution in [1.29, 1.82) is 0 Å². The van der Waals surface area contributed by atoms with Crippen LogP contribution < -0.4 is 10.1 Å². The Bertz CT molecular complexity index is 1130. The van der Waals surface area contributed by atoms with E-state index >= 15 is 0 Å². The molecule has 33 heavy (non-hydrogen) atoms. The fourth-order valence-electron chi connectivity index (χ4n) is 3.94. The van der Waals surface area contributed by atoms with Crippen LogP contribution in [-0.4, -0.2) is 52.0 Å². The molecule has 1 atom stereocenters. The van der Waals surface area contributed by atoms with Crippen LogP contribution >= 0.6 is 11.6 Å². The SMILES string of the molecule is COc1cc(C)c(C(C)NC(=O)c2cc(S(=O)(=O)N3CCOCC3)ccc2Cl)cc1C(C)C. The summed E-state index contributed by atoms with van der Waals surface area (Å²) in [6.07, 6.45) is 0. The van der Waals surface area contributed by atoms with E-state index in [0.717, 1.165) is 22.4 Å². The molecule has 1 aliphatic heterocycles. The third-order valence-electron chi connectivity index (χ3n) is 5.84. The largest absolute Gasteiger partial charge is 0.496 e. The predicted molar refractivity (Wildman–Crippen MR) is 129 cm³/mol. The number of amides is 1. The van der Waals surface area contributed by atoms with E-state index in [0.29, 0.717) is 13.2 Å². The number of hydrogen-bond donors (Lipinski definition) is 1. The van der Waals surface area contributed by atoms with Gasteiger partial charge in [0.25, 0.3) is 5.91 Å². The molecule has 2 aromatic rings. The lowest BCUT2D eigenvalue weighted by Crippen LogP contribution is -2.40. The second kappa shape index (κ2) is 10.4. The Labute approximate surface area is 201 Å². The summed E-state index contributed by atoms with van der Waals surface area (Å²) in [5, 5.41) is 3.15. The summed E-state index contributed by atoms with van der Waals surface area (Å²) in [6, 6.07) is 7.91. The topological polar surface area (TPSA) is 84.9 Å². The van der Waals surface area contributed by atoms with Crippen molar-refractivity contribution in [1.82, 2.24) is 9.62 Å². The molecule has 180 valence electrons. The maximum atomic E-state index is 13.1. The first-order valence-electron chi connectivity index (χ1n) is 10.9. The Hall–Kier alpha value is -2.13. The van der Waals surface area contributed by atoms with Gasteiger partial charge in [-0.3, -0.25) is 4.79 Å². The number of benzene rings is 2. The molecular formula is C24H31ClN2O5S. The number of carbonyl (C=O) groups is 1. The van der Waals surface area contributed by atoms with Gasteiger partial charge in [0.1, 0.15) is 5.75 Å². The second-order valence-electron chi connectivity index (χ2n) is 8.46. The van der Waals surface area contributed by atoms with Crippen molar-refractivity contribution in [3.8, 4) is 5.75 Å². The first kappa shape index (κ1) is 25.5. The fraction of sp³-hybridized carbons (Fsp3) is 0.458. The number of methoxy groups -OCH3 is 1. The molecule has 1 N–H and O–H groups in total. The Balaban J connectivity index is 1.87. The molecule has 7 nitrogen and oxygen atoms in total. The predicted octanol–water partition coefficient (Wildman–Crippen LogP) is 4.29. The van der Waals surface area contributed by atoms with Crippen molar-refractivity contribution < 1.29 is 22.7 Å². The average molecular weight is 495 g/mol. The van der Waals surface area contributed by atoms with Crippen LogP contribution in [0.15, 0.2) is 35.2 Å². The highest BCUT2D eigenvalue weighted by atomic mass is 35.5.